The highest BCUT2D eigenvalue weighted by Gasteiger charge is 2.56. The molecular weight excluding hydrogens is 338 g/mol. The second-order valence-electron chi connectivity index (χ2n) is 6.92. The molecule has 2 rings (SSSR count). The fraction of sp³-hybridized carbons (Fsp3) is 0.667. The highest BCUT2D eigenvalue weighted by molar-refractivity contribution is 6.73. The second-order valence-corrected chi connectivity index (χ2v) is 11.6. The predicted molar refractivity (Wildman–Crippen MR) is 96.6 cm³/mol. The lowest BCUT2D eigenvalue weighted by Gasteiger charge is -2.46. The second kappa shape index (κ2) is 8.18. The van der Waals surface area contributed by atoms with Gasteiger partial charge in [-0.3, -0.25) is 4.79 Å². The van der Waals surface area contributed by atoms with Gasteiger partial charge >= 0.3 is 6.09 Å². The zero-order valence-electron chi connectivity index (χ0n) is 15.8. The zero-order chi connectivity index (χ0) is 18.6. The first-order valence-electron chi connectivity index (χ1n) is 9.10. The van der Waals surface area contributed by atoms with Crippen molar-refractivity contribution < 1.29 is 23.2 Å². The van der Waals surface area contributed by atoms with Crippen LogP contribution in [0.3, 0.4) is 0 Å². The molecule has 1 aliphatic rings. The Labute approximate surface area is 150 Å². The minimum atomic E-state index is -1.99. The molecule has 6 nitrogen and oxygen atoms in total. The Hall–Kier alpha value is -1.60. The van der Waals surface area contributed by atoms with Crippen LogP contribution < -0.4 is 0 Å². The van der Waals surface area contributed by atoms with Crippen molar-refractivity contribution >= 4 is 20.3 Å². The normalized spacial score (nSPS) is 20.7. The van der Waals surface area contributed by atoms with Crippen LogP contribution in [-0.2, 0) is 14.0 Å². The molecule has 140 valence electrons. The maximum absolute atomic E-state index is 12.7. The van der Waals surface area contributed by atoms with Crippen molar-refractivity contribution in [1.29, 1.82) is 0 Å². The van der Waals surface area contributed by atoms with Gasteiger partial charge in [0.2, 0.25) is 0 Å². The van der Waals surface area contributed by atoms with Crippen molar-refractivity contribution in [1.82, 2.24) is 4.90 Å². The summed E-state index contributed by atoms with van der Waals surface area (Å²) < 4.78 is 17.1. The van der Waals surface area contributed by atoms with Crippen LogP contribution in [0.25, 0.3) is 0 Å². The quantitative estimate of drug-likeness (QED) is 0.505. The van der Waals surface area contributed by atoms with Crippen molar-refractivity contribution in [2.75, 3.05) is 6.61 Å². The van der Waals surface area contributed by atoms with Crippen molar-refractivity contribution in [2.45, 2.75) is 64.9 Å². The van der Waals surface area contributed by atoms with Gasteiger partial charge in [-0.15, -0.1) is 0 Å². The summed E-state index contributed by atoms with van der Waals surface area (Å²) in [5.41, 5.74) is 0. The van der Waals surface area contributed by atoms with Crippen LogP contribution in [0.1, 0.15) is 46.4 Å². The molecule has 7 heteroatoms. The van der Waals surface area contributed by atoms with E-state index in [-0.39, 0.29) is 18.4 Å². The molecular formula is C18H29NO5Si. The molecule has 1 aromatic rings. The Morgan fingerprint density at radius 2 is 1.92 bits per heavy atom. The summed E-state index contributed by atoms with van der Waals surface area (Å²) in [5, 5.41) is 0. The van der Waals surface area contributed by atoms with Gasteiger partial charge in [0.15, 0.2) is 14.4 Å². The predicted octanol–water partition coefficient (Wildman–Crippen LogP) is 4.35. The number of β-lactam (4-membered cyclic amide) rings is 1. The molecule has 0 radical (unpaired) electrons. The molecule has 1 saturated heterocycles. The Morgan fingerprint density at radius 1 is 1.28 bits per heavy atom. The largest absolute Gasteiger partial charge is 0.467 e. The zero-order valence-corrected chi connectivity index (χ0v) is 16.8. The fourth-order valence-electron chi connectivity index (χ4n) is 3.09. The molecule has 0 bridgehead atoms. The van der Waals surface area contributed by atoms with Crippen LogP contribution in [0.4, 0.5) is 4.79 Å². The van der Waals surface area contributed by atoms with E-state index in [9.17, 15) is 9.59 Å². The average Bonchev–Trinajstić information content (AvgIpc) is 3.12. The molecule has 1 aliphatic heterocycles. The number of nitrogens with zero attached hydrogens (tertiary/aromatic N) is 1. The molecule has 25 heavy (non-hydrogen) atoms. The van der Waals surface area contributed by atoms with E-state index in [1.54, 1.807) is 12.1 Å². The van der Waals surface area contributed by atoms with Crippen molar-refractivity contribution in [3.8, 4) is 0 Å². The van der Waals surface area contributed by atoms with Crippen molar-refractivity contribution in [3.05, 3.63) is 24.2 Å². The lowest BCUT2D eigenvalue weighted by Crippen LogP contribution is -2.64. The number of hydrogen-bond donors (Lipinski definition) is 0. The van der Waals surface area contributed by atoms with E-state index < -0.39 is 26.6 Å². The summed E-state index contributed by atoms with van der Waals surface area (Å²) in [6, 6.07) is 5.78. The van der Waals surface area contributed by atoms with Gasteiger partial charge in [-0.05, 0) is 36.2 Å². The Bertz CT molecular complexity index is 574. The topological polar surface area (TPSA) is 69.0 Å². The maximum Gasteiger partial charge on any atom is 0.417 e. The standard InChI is InChI=1S/C18H29NO5Si/c1-6-25(7-2,8-3)24-16-15(14-10-9-11-22-14)19(17(16)20)18(21)23-12-13(4)5/h9-11,13,15-16H,6-8,12H2,1-5H3/t15-,16+/m0/s1. The Balaban J connectivity index is 2.21. The monoisotopic (exact) mass is 367 g/mol. The van der Waals surface area contributed by atoms with Crippen molar-refractivity contribution in [3.63, 3.8) is 0 Å². The summed E-state index contributed by atoms with van der Waals surface area (Å²) in [4.78, 5) is 26.2. The first-order valence-corrected chi connectivity index (χ1v) is 11.6. The number of furan rings is 1. The number of amides is 2. The summed E-state index contributed by atoms with van der Waals surface area (Å²) in [6.07, 6.45) is 0.248. The van der Waals surface area contributed by atoms with Gasteiger partial charge in [0.1, 0.15) is 11.8 Å². The van der Waals surface area contributed by atoms with E-state index >= 15 is 0 Å². The minimum absolute atomic E-state index is 0.203. The summed E-state index contributed by atoms with van der Waals surface area (Å²) >= 11 is 0. The van der Waals surface area contributed by atoms with Crippen LogP contribution in [0.2, 0.25) is 18.1 Å². The molecule has 0 N–H and O–H groups in total. The van der Waals surface area contributed by atoms with Crippen LogP contribution in [0.5, 0.6) is 0 Å². The van der Waals surface area contributed by atoms with Crippen LogP contribution >= 0.6 is 0 Å². The number of rotatable bonds is 8. The summed E-state index contributed by atoms with van der Waals surface area (Å²) in [6.45, 7) is 10.5. The highest BCUT2D eigenvalue weighted by atomic mass is 28.4. The smallest absolute Gasteiger partial charge is 0.417 e. The van der Waals surface area contributed by atoms with E-state index in [1.807, 2.05) is 13.8 Å². The number of ether oxygens (including phenoxy) is 1. The molecule has 0 aliphatic carbocycles. The molecule has 2 atom stereocenters. The van der Waals surface area contributed by atoms with Crippen LogP contribution in [-0.4, -0.2) is 37.9 Å². The minimum Gasteiger partial charge on any atom is -0.467 e. The van der Waals surface area contributed by atoms with E-state index in [4.69, 9.17) is 13.6 Å². The van der Waals surface area contributed by atoms with Crippen LogP contribution in [0, 0.1) is 5.92 Å². The van der Waals surface area contributed by atoms with Gasteiger partial charge in [0.05, 0.1) is 12.9 Å². The van der Waals surface area contributed by atoms with Gasteiger partial charge in [-0.1, -0.05) is 34.6 Å². The first kappa shape index (κ1) is 19.7. The van der Waals surface area contributed by atoms with E-state index in [0.29, 0.717) is 5.76 Å². The molecule has 0 saturated carbocycles. The van der Waals surface area contributed by atoms with Gasteiger partial charge < -0.3 is 13.6 Å². The lowest BCUT2D eigenvalue weighted by molar-refractivity contribution is -0.162. The lowest BCUT2D eigenvalue weighted by atomic mass is 9.96. The van der Waals surface area contributed by atoms with E-state index in [2.05, 4.69) is 20.8 Å². The van der Waals surface area contributed by atoms with Gasteiger partial charge in [0.25, 0.3) is 5.91 Å². The SMILES string of the molecule is CC[Si](CC)(CC)O[C@H]1C(=O)N(C(=O)OCC(C)C)[C@H]1c1ccco1. The maximum atomic E-state index is 12.7. The molecule has 1 fully saturated rings. The van der Waals surface area contributed by atoms with E-state index in [1.165, 1.54) is 6.26 Å². The third-order valence-electron chi connectivity index (χ3n) is 4.93. The number of likely N-dealkylation sites (tertiary alicyclic amines) is 1. The number of carbonyl (C=O) groups is 2. The summed E-state index contributed by atoms with van der Waals surface area (Å²) in [7, 11) is -1.99. The van der Waals surface area contributed by atoms with Crippen LogP contribution in [0.15, 0.2) is 22.8 Å². The summed E-state index contributed by atoms with van der Waals surface area (Å²) in [5.74, 6) is 0.425. The average molecular weight is 368 g/mol. The molecule has 2 heterocycles. The van der Waals surface area contributed by atoms with Crippen molar-refractivity contribution in [2.24, 2.45) is 5.92 Å². The Morgan fingerprint density at radius 3 is 2.40 bits per heavy atom. The number of imide groups is 1. The molecule has 0 aromatic carbocycles. The number of hydrogen-bond acceptors (Lipinski definition) is 5. The highest BCUT2D eigenvalue weighted by Crippen LogP contribution is 2.41. The van der Waals surface area contributed by atoms with Gasteiger partial charge in [-0.25, -0.2) is 9.69 Å². The molecule has 1 aromatic heterocycles. The fourth-order valence-corrected chi connectivity index (χ4v) is 5.86. The Kier molecular flexibility index (Phi) is 6.45. The van der Waals surface area contributed by atoms with E-state index in [0.717, 1.165) is 23.0 Å². The van der Waals surface area contributed by atoms with Gasteiger partial charge in [-0.2, -0.15) is 0 Å². The third-order valence-corrected chi connectivity index (χ3v) is 9.55. The number of carbonyl (C=O) groups excluding carboxylic acids is 2. The van der Waals surface area contributed by atoms with Gasteiger partial charge in [0, 0.05) is 0 Å². The molecule has 0 spiro atoms. The third kappa shape index (κ3) is 3.98. The molecule has 0 unspecified atom stereocenters. The first-order chi connectivity index (χ1) is 11.9. The molecule has 2 amide bonds.